The van der Waals surface area contributed by atoms with Gasteiger partial charge < -0.3 is 42.3 Å². The van der Waals surface area contributed by atoms with Crippen LogP contribution in [0.2, 0.25) is 0 Å². The monoisotopic (exact) mass is 758 g/mol. The minimum atomic E-state index is -0.956. The van der Waals surface area contributed by atoms with Crippen molar-refractivity contribution in [1.82, 2.24) is 19.6 Å². The number of halogens is 2. The molecule has 3 aliphatic heterocycles. The summed E-state index contributed by atoms with van der Waals surface area (Å²) in [5.41, 5.74) is 1.84. The zero-order valence-electron chi connectivity index (χ0n) is 28.7. The molecule has 0 aromatic heterocycles. The van der Waals surface area contributed by atoms with Crippen LogP contribution in [0.3, 0.4) is 0 Å². The summed E-state index contributed by atoms with van der Waals surface area (Å²) >= 11 is 3.08. The van der Waals surface area contributed by atoms with Gasteiger partial charge in [-0.15, -0.1) is 0 Å². The first kappa shape index (κ1) is 44.4. The van der Waals surface area contributed by atoms with Crippen LogP contribution in [0.4, 0.5) is 9.59 Å². The number of carbonyl (C=O) groups excluding carboxylic acids is 5. The van der Waals surface area contributed by atoms with Gasteiger partial charge in [-0.2, -0.15) is 15.8 Å². The summed E-state index contributed by atoms with van der Waals surface area (Å²) in [5, 5.41) is 26.7. The average Bonchev–Trinajstić information content (AvgIpc) is 3.78. The molecule has 3 fully saturated rings. The van der Waals surface area contributed by atoms with Crippen molar-refractivity contribution >= 4 is 45.8 Å². The number of nitrogens with zero attached hydrogens (tertiary/aromatic N) is 7. The molecule has 0 aromatic rings. The van der Waals surface area contributed by atoms with Gasteiger partial charge >= 0.3 is 12.2 Å². The normalized spacial score (nSPS) is 19.9. The van der Waals surface area contributed by atoms with Crippen molar-refractivity contribution in [3.05, 3.63) is 0 Å². The van der Waals surface area contributed by atoms with Crippen LogP contribution in [0.5, 0.6) is 0 Å². The molecule has 3 saturated heterocycles. The molecule has 17 heteroatoms. The van der Waals surface area contributed by atoms with Gasteiger partial charge in [0.05, 0.1) is 23.5 Å². The molecule has 0 spiro atoms. The van der Waals surface area contributed by atoms with Crippen molar-refractivity contribution in [1.29, 1.82) is 15.8 Å². The van der Waals surface area contributed by atoms with Crippen LogP contribution in [0, 0.1) is 34.0 Å². The quantitative estimate of drug-likeness (QED) is 0.356. The van der Waals surface area contributed by atoms with Gasteiger partial charge in [0.2, 0.25) is 11.8 Å². The van der Waals surface area contributed by atoms with E-state index in [-0.39, 0.29) is 42.8 Å². The number of imide groups is 1. The van der Waals surface area contributed by atoms with E-state index in [2.05, 4.69) is 39.9 Å². The van der Waals surface area contributed by atoms with Crippen LogP contribution < -0.4 is 18.1 Å². The van der Waals surface area contributed by atoms with Gasteiger partial charge in [-0.05, 0) is 80.1 Å². The number of hydrogen-bond acceptors (Lipinski definition) is 10. The van der Waals surface area contributed by atoms with E-state index in [1.165, 1.54) is 4.90 Å². The lowest BCUT2D eigenvalue weighted by molar-refractivity contribution is -0.357. The Morgan fingerprint density at radius 3 is 1.33 bits per heavy atom. The summed E-state index contributed by atoms with van der Waals surface area (Å²) in [5.74, 6) is -0.469. The van der Waals surface area contributed by atoms with Gasteiger partial charge in [-0.1, -0.05) is 15.9 Å². The average molecular weight is 760 g/mol. The van der Waals surface area contributed by atoms with Gasteiger partial charge in [-0.3, -0.25) is 14.4 Å². The highest BCUT2D eigenvalue weighted by Gasteiger charge is 2.36. The molecule has 15 nitrogen and oxygen atoms in total. The SMILES string of the molecule is CC(C)(C)OC(=O)N(CC(=O)N1CCC[C@H]1C#N)C(=O)OC(C)(C)C.N#C[C@@H]1CCCN1C(=O)CBr.N#C[C@@H]1CCCN1C(=O)C[NH3+].[Cl-]. The fraction of sp³-hybridized carbons (Fsp3) is 0.742. The number of likely N-dealkylation sites (tertiary alicyclic amines) is 3. The van der Waals surface area contributed by atoms with E-state index in [9.17, 15) is 24.0 Å². The zero-order valence-corrected chi connectivity index (χ0v) is 31.0. The van der Waals surface area contributed by atoms with Crippen molar-refractivity contribution in [2.75, 3.05) is 38.1 Å². The Morgan fingerprint density at radius 2 is 1.04 bits per heavy atom. The molecule has 3 heterocycles. The van der Waals surface area contributed by atoms with Crippen molar-refractivity contribution in [2.24, 2.45) is 0 Å². The summed E-state index contributed by atoms with van der Waals surface area (Å²) < 4.78 is 10.4. The first-order valence-corrected chi connectivity index (χ1v) is 16.7. The number of quaternary nitrogens is 1. The molecule has 0 aliphatic carbocycles. The van der Waals surface area contributed by atoms with E-state index in [4.69, 9.17) is 25.3 Å². The minimum absolute atomic E-state index is 0. The molecular weight excluding hydrogens is 712 g/mol. The lowest BCUT2D eigenvalue weighted by Gasteiger charge is -2.29. The zero-order chi connectivity index (χ0) is 35.9. The molecule has 5 amide bonds. The van der Waals surface area contributed by atoms with Crippen LogP contribution in [-0.2, 0) is 23.9 Å². The Kier molecular flexibility index (Phi) is 19.1. The van der Waals surface area contributed by atoms with E-state index in [0.29, 0.717) is 29.6 Å². The summed E-state index contributed by atoms with van der Waals surface area (Å²) in [7, 11) is 0. The Morgan fingerprint density at radius 1 is 0.708 bits per heavy atom. The third kappa shape index (κ3) is 14.6. The standard InChI is InChI=1S/C17H27N3O5.C7H9BrN2O.C7H11N3O.ClH/c1-16(2,3)24-14(22)20(15(23)25-17(4,5)6)11-13(21)19-9-7-8-12(19)10-18;8-4-7(11)10-3-1-2-6(10)5-9;8-4-6-2-1-3-10(6)7(11)5-9;/h12H,7-9,11H2,1-6H3;6H,1-4H2;6H,1-3,5,9H2;1H/t12-;2*6-;/m000./s1. The summed E-state index contributed by atoms with van der Waals surface area (Å²) in [6.45, 7) is 11.6. The third-order valence-corrected chi connectivity index (χ3v) is 7.50. The van der Waals surface area contributed by atoms with Crippen molar-refractivity contribution < 1.29 is 51.6 Å². The summed E-state index contributed by atoms with van der Waals surface area (Å²) in [4.78, 5) is 64.7. The lowest BCUT2D eigenvalue weighted by Crippen LogP contribution is -3.00. The minimum Gasteiger partial charge on any atom is -1.00 e. The molecule has 0 bridgehead atoms. The first-order valence-electron chi connectivity index (χ1n) is 15.6. The van der Waals surface area contributed by atoms with E-state index >= 15 is 0 Å². The van der Waals surface area contributed by atoms with Crippen LogP contribution in [-0.4, -0.2) is 117 Å². The highest BCUT2D eigenvalue weighted by Crippen LogP contribution is 2.20. The number of nitriles is 3. The molecule has 3 aliphatic rings. The number of carbonyl (C=O) groups is 5. The Labute approximate surface area is 297 Å². The van der Waals surface area contributed by atoms with Crippen LogP contribution >= 0.6 is 15.9 Å². The van der Waals surface area contributed by atoms with Crippen molar-refractivity contribution in [3.8, 4) is 18.2 Å². The van der Waals surface area contributed by atoms with Crippen LogP contribution in [0.15, 0.2) is 0 Å². The number of amides is 5. The van der Waals surface area contributed by atoms with E-state index in [1.807, 2.05) is 0 Å². The van der Waals surface area contributed by atoms with Gasteiger partial charge in [0.1, 0.15) is 35.9 Å². The fourth-order valence-corrected chi connectivity index (χ4v) is 5.20. The fourth-order valence-electron chi connectivity index (χ4n) is 4.88. The molecule has 268 valence electrons. The molecule has 0 radical (unpaired) electrons. The van der Waals surface area contributed by atoms with Gasteiger partial charge in [0.15, 0.2) is 6.54 Å². The summed E-state index contributed by atoms with van der Waals surface area (Å²) in [6.07, 6.45) is 2.94. The topological polar surface area (TPSA) is 216 Å². The van der Waals surface area contributed by atoms with E-state index < -0.39 is 41.9 Å². The number of alkyl halides is 1. The summed E-state index contributed by atoms with van der Waals surface area (Å²) in [6, 6.07) is 5.37. The smallest absolute Gasteiger partial charge is 0.420 e. The highest BCUT2D eigenvalue weighted by atomic mass is 79.9. The number of ether oxygens (including phenoxy) is 2. The predicted octanol–water partition coefficient (Wildman–Crippen LogP) is -0.684. The number of hydrogen-bond donors (Lipinski definition) is 1. The molecule has 0 unspecified atom stereocenters. The molecular formula is C31H48BrClN8O7. The molecule has 3 rings (SSSR count). The maximum atomic E-state index is 12.5. The van der Waals surface area contributed by atoms with Gasteiger partial charge in [0.25, 0.3) is 5.91 Å². The third-order valence-electron chi connectivity index (χ3n) is 7.02. The molecule has 0 saturated carbocycles. The Bertz CT molecular complexity index is 1180. The van der Waals surface area contributed by atoms with E-state index in [0.717, 1.165) is 38.8 Å². The molecule has 3 atom stereocenters. The Balaban J connectivity index is 0.000000790. The Hall–Kier alpha value is -3.65. The maximum absolute atomic E-state index is 12.5. The van der Waals surface area contributed by atoms with Crippen molar-refractivity contribution in [3.63, 3.8) is 0 Å². The lowest BCUT2D eigenvalue weighted by atomic mass is 10.2. The molecule has 0 aromatic carbocycles. The second-order valence-corrected chi connectivity index (χ2v) is 13.6. The first-order chi connectivity index (χ1) is 21.9. The van der Waals surface area contributed by atoms with Gasteiger partial charge in [0, 0.05) is 19.6 Å². The predicted molar refractivity (Wildman–Crippen MR) is 172 cm³/mol. The van der Waals surface area contributed by atoms with Gasteiger partial charge in [-0.25, -0.2) is 14.5 Å². The second-order valence-electron chi connectivity index (χ2n) is 13.1. The van der Waals surface area contributed by atoms with Crippen LogP contribution in [0.25, 0.3) is 0 Å². The largest absolute Gasteiger partial charge is 1.00 e. The van der Waals surface area contributed by atoms with E-state index in [1.54, 1.807) is 51.3 Å². The van der Waals surface area contributed by atoms with Crippen molar-refractivity contribution in [2.45, 2.75) is 109 Å². The second kappa shape index (κ2) is 20.7. The molecule has 3 N–H and O–H groups in total. The van der Waals surface area contributed by atoms with Crippen LogP contribution in [0.1, 0.15) is 80.1 Å². The number of rotatable bonds is 4. The molecule has 48 heavy (non-hydrogen) atoms. The highest BCUT2D eigenvalue weighted by molar-refractivity contribution is 9.09. The maximum Gasteiger partial charge on any atom is 0.420 e.